The third-order valence-electron chi connectivity index (χ3n) is 4.61. The first-order valence-electron chi connectivity index (χ1n) is 9.14. The maximum Gasteiger partial charge on any atom is 0.243 e. The van der Waals surface area contributed by atoms with Crippen molar-refractivity contribution in [2.24, 2.45) is 5.92 Å². The zero-order chi connectivity index (χ0) is 20.1. The average Bonchev–Trinajstić information content (AvgIpc) is 3.21. The number of ether oxygens (including phenoxy) is 1. The molecule has 28 heavy (non-hydrogen) atoms. The summed E-state index contributed by atoms with van der Waals surface area (Å²) in [5.41, 5.74) is 0. The Balaban J connectivity index is 1.68. The summed E-state index contributed by atoms with van der Waals surface area (Å²) in [6.07, 6.45) is 2.79. The van der Waals surface area contributed by atoms with Crippen molar-refractivity contribution in [3.05, 3.63) is 47.4 Å². The van der Waals surface area contributed by atoms with Gasteiger partial charge in [-0.25, -0.2) is 8.42 Å². The lowest BCUT2D eigenvalue weighted by Gasteiger charge is -2.31. The first-order chi connectivity index (χ1) is 13.4. The first kappa shape index (κ1) is 20.7. The summed E-state index contributed by atoms with van der Waals surface area (Å²) in [4.78, 5) is 12.6. The third-order valence-corrected chi connectivity index (χ3v) is 6.77. The summed E-state index contributed by atoms with van der Waals surface area (Å²) >= 11 is 6.14. The van der Waals surface area contributed by atoms with Gasteiger partial charge in [0.25, 0.3) is 0 Å². The fraction of sp³-hybridized carbons (Fsp3) is 0.421. The van der Waals surface area contributed by atoms with Gasteiger partial charge in [0.1, 0.15) is 11.5 Å². The second kappa shape index (κ2) is 8.98. The first-order valence-corrected chi connectivity index (χ1v) is 11.0. The molecule has 0 spiro atoms. The quantitative estimate of drug-likeness (QED) is 0.735. The number of hydrogen-bond acceptors (Lipinski definition) is 5. The molecule has 1 aliphatic rings. The number of carbonyl (C=O) groups is 1. The van der Waals surface area contributed by atoms with Crippen LogP contribution >= 0.6 is 11.6 Å². The molecule has 1 fully saturated rings. The predicted molar refractivity (Wildman–Crippen MR) is 105 cm³/mol. The minimum atomic E-state index is -3.75. The molecular formula is C19H23ClN2O5S. The van der Waals surface area contributed by atoms with Crippen LogP contribution in [0.3, 0.4) is 0 Å². The molecule has 9 heteroatoms. The summed E-state index contributed by atoms with van der Waals surface area (Å²) in [5, 5.41) is 3.05. The fourth-order valence-electron chi connectivity index (χ4n) is 3.17. The molecule has 1 aliphatic heterocycles. The number of amides is 1. The van der Waals surface area contributed by atoms with E-state index in [0.29, 0.717) is 37.5 Å². The Morgan fingerprint density at radius 1 is 1.39 bits per heavy atom. The van der Waals surface area contributed by atoms with Crippen molar-refractivity contribution in [2.75, 3.05) is 19.7 Å². The van der Waals surface area contributed by atoms with E-state index in [4.69, 9.17) is 20.8 Å². The van der Waals surface area contributed by atoms with Crippen LogP contribution in [0.1, 0.15) is 25.5 Å². The van der Waals surface area contributed by atoms with E-state index in [-0.39, 0.29) is 28.9 Å². The van der Waals surface area contributed by atoms with Gasteiger partial charge in [0, 0.05) is 13.1 Å². The van der Waals surface area contributed by atoms with Gasteiger partial charge in [-0.15, -0.1) is 0 Å². The van der Waals surface area contributed by atoms with Crippen molar-refractivity contribution in [3.8, 4) is 5.75 Å². The van der Waals surface area contributed by atoms with E-state index in [1.807, 2.05) is 6.92 Å². The maximum atomic E-state index is 13.0. The van der Waals surface area contributed by atoms with Crippen LogP contribution in [0.2, 0.25) is 5.02 Å². The number of furan rings is 1. The number of rotatable bonds is 7. The molecule has 1 saturated heterocycles. The lowest BCUT2D eigenvalue weighted by molar-refractivity contribution is -0.126. The summed E-state index contributed by atoms with van der Waals surface area (Å²) < 4.78 is 37.9. The van der Waals surface area contributed by atoms with Crippen LogP contribution < -0.4 is 10.1 Å². The average molecular weight is 427 g/mol. The van der Waals surface area contributed by atoms with Crippen LogP contribution in [-0.2, 0) is 21.4 Å². The monoisotopic (exact) mass is 426 g/mol. The highest BCUT2D eigenvalue weighted by molar-refractivity contribution is 7.89. The molecule has 1 atom stereocenters. The van der Waals surface area contributed by atoms with Crippen molar-refractivity contribution in [2.45, 2.75) is 31.2 Å². The summed E-state index contributed by atoms with van der Waals surface area (Å²) in [7, 11) is -3.75. The van der Waals surface area contributed by atoms with Crippen LogP contribution in [0.4, 0.5) is 0 Å². The summed E-state index contributed by atoms with van der Waals surface area (Å²) in [6.45, 7) is 3.05. The highest BCUT2D eigenvalue weighted by atomic mass is 35.5. The third kappa shape index (κ3) is 4.68. The van der Waals surface area contributed by atoms with E-state index in [2.05, 4.69) is 5.32 Å². The molecule has 1 aromatic carbocycles. The van der Waals surface area contributed by atoms with Crippen LogP contribution in [0, 0.1) is 5.92 Å². The van der Waals surface area contributed by atoms with Crippen LogP contribution in [0.25, 0.3) is 0 Å². The van der Waals surface area contributed by atoms with Gasteiger partial charge < -0.3 is 14.5 Å². The molecule has 0 unspecified atom stereocenters. The molecule has 1 amide bonds. The van der Waals surface area contributed by atoms with E-state index in [0.717, 1.165) is 0 Å². The molecule has 1 N–H and O–H groups in total. The van der Waals surface area contributed by atoms with Gasteiger partial charge in [-0.05, 0) is 50.1 Å². The molecule has 152 valence electrons. The highest BCUT2D eigenvalue weighted by Gasteiger charge is 2.33. The molecule has 3 rings (SSSR count). The summed E-state index contributed by atoms with van der Waals surface area (Å²) in [5.74, 6) is 0.507. The number of halogens is 1. The van der Waals surface area contributed by atoms with Crippen molar-refractivity contribution in [3.63, 3.8) is 0 Å². The van der Waals surface area contributed by atoms with Gasteiger partial charge in [0.05, 0.1) is 35.3 Å². The predicted octanol–water partition coefficient (Wildman–Crippen LogP) is 3.05. The van der Waals surface area contributed by atoms with E-state index in [1.54, 1.807) is 24.5 Å². The van der Waals surface area contributed by atoms with E-state index in [9.17, 15) is 13.2 Å². The number of hydrogen-bond donors (Lipinski definition) is 1. The zero-order valence-electron chi connectivity index (χ0n) is 15.6. The Hall–Kier alpha value is -2.03. The topological polar surface area (TPSA) is 88.9 Å². The molecule has 2 heterocycles. The zero-order valence-corrected chi connectivity index (χ0v) is 17.1. The number of piperidine rings is 1. The Labute approximate surface area is 169 Å². The van der Waals surface area contributed by atoms with Gasteiger partial charge in [-0.1, -0.05) is 11.6 Å². The van der Waals surface area contributed by atoms with Crippen LogP contribution in [0.5, 0.6) is 5.75 Å². The van der Waals surface area contributed by atoms with Crippen molar-refractivity contribution >= 4 is 27.5 Å². The number of nitrogens with zero attached hydrogens (tertiary/aromatic N) is 1. The smallest absolute Gasteiger partial charge is 0.243 e. The lowest BCUT2D eigenvalue weighted by atomic mass is 9.99. The Bertz CT molecular complexity index is 914. The van der Waals surface area contributed by atoms with Crippen LogP contribution in [-0.4, -0.2) is 38.3 Å². The Kier molecular flexibility index (Phi) is 6.64. The molecule has 7 nitrogen and oxygen atoms in total. The number of carbonyl (C=O) groups excluding carboxylic acids is 1. The Morgan fingerprint density at radius 2 is 2.21 bits per heavy atom. The second-order valence-corrected chi connectivity index (χ2v) is 8.87. The number of benzene rings is 1. The van der Waals surface area contributed by atoms with Gasteiger partial charge >= 0.3 is 0 Å². The molecule has 0 bridgehead atoms. The standard InChI is InChI=1S/C19H23ClN2O5S/c1-2-26-18-8-7-16(11-17(18)20)28(24,25)22-9-3-5-14(13-22)19(23)21-12-15-6-4-10-27-15/h4,6-8,10-11,14H,2-3,5,9,12-13H2,1H3,(H,21,23)/t14-/m0/s1. The van der Waals surface area contributed by atoms with Gasteiger partial charge in [0.15, 0.2) is 0 Å². The van der Waals surface area contributed by atoms with Crippen molar-refractivity contribution < 1.29 is 22.4 Å². The second-order valence-electron chi connectivity index (χ2n) is 6.52. The van der Waals surface area contributed by atoms with E-state index < -0.39 is 15.9 Å². The van der Waals surface area contributed by atoms with Crippen LogP contribution in [0.15, 0.2) is 45.9 Å². The lowest BCUT2D eigenvalue weighted by Crippen LogP contribution is -2.45. The minimum absolute atomic E-state index is 0.0950. The van der Waals surface area contributed by atoms with E-state index >= 15 is 0 Å². The highest BCUT2D eigenvalue weighted by Crippen LogP contribution is 2.30. The fourth-order valence-corrected chi connectivity index (χ4v) is 5.02. The maximum absolute atomic E-state index is 13.0. The van der Waals surface area contributed by atoms with Gasteiger partial charge in [0.2, 0.25) is 15.9 Å². The Morgan fingerprint density at radius 3 is 2.89 bits per heavy atom. The molecule has 0 saturated carbocycles. The molecular weight excluding hydrogens is 404 g/mol. The molecule has 2 aromatic rings. The van der Waals surface area contributed by atoms with Crippen molar-refractivity contribution in [1.29, 1.82) is 0 Å². The largest absolute Gasteiger partial charge is 0.492 e. The summed E-state index contributed by atoms with van der Waals surface area (Å²) in [6, 6.07) is 7.94. The van der Waals surface area contributed by atoms with Gasteiger partial charge in [-0.2, -0.15) is 4.31 Å². The number of sulfonamides is 1. The number of nitrogens with one attached hydrogen (secondary N) is 1. The normalized spacial score (nSPS) is 18.0. The molecule has 0 radical (unpaired) electrons. The molecule has 0 aliphatic carbocycles. The van der Waals surface area contributed by atoms with E-state index in [1.165, 1.54) is 16.4 Å². The molecule has 1 aromatic heterocycles. The SMILES string of the molecule is CCOc1ccc(S(=O)(=O)N2CCC[C@H](C(=O)NCc3ccco3)C2)cc1Cl. The van der Waals surface area contributed by atoms with Crippen molar-refractivity contribution in [1.82, 2.24) is 9.62 Å². The minimum Gasteiger partial charge on any atom is -0.492 e. The van der Waals surface area contributed by atoms with Gasteiger partial charge in [-0.3, -0.25) is 4.79 Å².